The van der Waals surface area contributed by atoms with E-state index >= 15 is 0 Å². The molecule has 41 nitrogen and oxygen atoms in total. The molecular weight excluding hydrogens is 1280 g/mol. The smallest absolute Gasteiger partial charge is 0.217 e. The summed E-state index contributed by atoms with van der Waals surface area (Å²) in [5.41, 5.74) is 0. The van der Waals surface area contributed by atoms with Crippen LogP contribution in [0.25, 0.3) is 0 Å². The first-order chi connectivity index (χ1) is 43.9. The standard InChI is InChI=1S/C52H88N2O39/c1-11-23(63)28(68)33(73)48(79-11)88-39-19(9-59)85-47(22(54-14(4)62)42(39)91-50-35(75)30(70)25(65)15(5-55)82-50)93-44-27(67)17(7-57)84-52(37(44)77)89-40-20(10-60)86-46(21(53-13(3)61)41(40)90-49-34(74)29(69)24(64)12(2)80-49)92-43-26(66)16(6-56)83-51(36(43)76)87-38-18(8-58)81-45(78)32(72)31(38)71/h11-12,15-52,55-60,63-78H,5-10H2,1-4H3,(H,53,61)(H,54,62)/t11-,12-,15-,16-,17-,18-,19-,20-,21-,22-,23+,24+,25+,26+,27+,28+,29+,30+,31-,32-,33-,34-,35-,36-,37-,38-,39-,40-,41-,42+,43+,44+,45?,46+,47+,48-,49-,50+,51+,52+/m1/s1. The predicted octanol–water partition coefficient (Wildman–Crippen LogP) is -16.1. The van der Waals surface area contributed by atoms with Crippen molar-refractivity contribution in [2.45, 2.75) is 273 Å². The lowest BCUT2D eigenvalue weighted by atomic mass is 9.93. The molecule has 1 unspecified atom stereocenters. The van der Waals surface area contributed by atoms with E-state index in [1.165, 1.54) is 13.8 Å². The van der Waals surface area contributed by atoms with Crippen LogP contribution in [0.2, 0.25) is 0 Å². The normalized spacial score (nSPS) is 51.6. The van der Waals surface area contributed by atoms with Crippen molar-refractivity contribution in [3.05, 3.63) is 0 Å². The molecule has 0 aromatic rings. The van der Waals surface area contributed by atoms with Crippen LogP contribution >= 0.6 is 0 Å². The zero-order chi connectivity index (χ0) is 68.5. The molecule has 0 aromatic heterocycles. The second kappa shape index (κ2) is 32.6. The highest BCUT2D eigenvalue weighted by atomic mass is 16.8. The molecule has 8 heterocycles. The number of nitrogens with one attached hydrogen (secondary N) is 2. The van der Waals surface area contributed by atoms with Gasteiger partial charge in [0.25, 0.3) is 0 Å². The summed E-state index contributed by atoms with van der Waals surface area (Å²) in [5.74, 6) is -1.91. The molecule has 0 spiro atoms. The van der Waals surface area contributed by atoms with Crippen LogP contribution in [0, 0.1) is 0 Å². The highest BCUT2D eigenvalue weighted by Gasteiger charge is 2.61. The van der Waals surface area contributed by atoms with Crippen LogP contribution in [-0.2, 0) is 80.6 Å². The molecule has 8 saturated heterocycles. The van der Waals surface area contributed by atoms with Crippen molar-refractivity contribution in [2.75, 3.05) is 39.6 Å². The zero-order valence-electron chi connectivity index (χ0n) is 50.1. The van der Waals surface area contributed by atoms with Crippen molar-refractivity contribution in [1.82, 2.24) is 10.6 Å². The Morgan fingerprint density at radius 2 is 0.559 bits per heavy atom. The maximum absolute atomic E-state index is 13.3. The topological polar surface area (TPSA) is 642 Å². The molecule has 24 N–H and O–H groups in total. The average Bonchev–Trinajstić information content (AvgIpc) is 0.833. The predicted molar refractivity (Wildman–Crippen MR) is 285 cm³/mol. The second-order valence-electron chi connectivity index (χ2n) is 23.8. The number of hydrogen-bond donors (Lipinski definition) is 24. The Morgan fingerprint density at radius 3 is 0.914 bits per heavy atom. The Balaban J connectivity index is 1.14. The van der Waals surface area contributed by atoms with E-state index in [-0.39, 0.29) is 0 Å². The molecule has 8 rings (SSSR count). The largest absolute Gasteiger partial charge is 0.394 e. The van der Waals surface area contributed by atoms with Gasteiger partial charge in [-0.1, -0.05) is 0 Å². The lowest BCUT2D eigenvalue weighted by Gasteiger charge is -2.52. The van der Waals surface area contributed by atoms with Crippen LogP contribution in [-0.4, -0.2) is 409 Å². The monoisotopic (exact) mass is 1360 g/mol. The minimum absolute atomic E-state index is 0.947. The number of carbonyl (C=O) groups is 2. The summed E-state index contributed by atoms with van der Waals surface area (Å²) in [6.45, 7) is -2.06. The van der Waals surface area contributed by atoms with Gasteiger partial charge >= 0.3 is 0 Å². The van der Waals surface area contributed by atoms with Gasteiger partial charge in [-0.2, -0.15) is 0 Å². The van der Waals surface area contributed by atoms with Crippen LogP contribution in [0.4, 0.5) is 0 Å². The summed E-state index contributed by atoms with van der Waals surface area (Å²) in [5, 5.41) is 245. The van der Waals surface area contributed by atoms with E-state index < -0.39 is 297 Å². The summed E-state index contributed by atoms with van der Waals surface area (Å²) in [6, 6.07) is -3.90. The molecule has 8 fully saturated rings. The lowest BCUT2D eigenvalue weighted by Crippen LogP contribution is -2.72. The molecule has 40 atom stereocenters. The number of aliphatic hydroxyl groups is 22. The number of ether oxygens (including phenoxy) is 15. The number of rotatable bonds is 22. The third kappa shape index (κ3) is 16.2. The maximum Gasteiger partial charge on any atom is 0.217 e. The molecule has 0 aromatic carbocycles. The van der Waals surface area contributed by atoms with Crippen molar-refractivity contribution in [3.8, 4) is 0 Å². The molecule has 41 heteroatoms. The van der Waals surface area contributed by atoms with Gasteiger partial charge in [-0.25, -0.2) is 0 Å². The highest BCUT2D eigenvalue weighted by Crippen LogP contribution is 2.40. The maximum atomic E-state index is 13.3. The van der Waals surface area contributed by atoms with Crippen LogP contribution in [0.15, 0.2) is 0 Å². The van der Waals surface area contributed by atoms with E-state index in [0.717, 1.165) is 13.8 Å². The molecule has 2 amide bonds. The number of carbonyl (C=O) groups excluding carboxylic acids is 2. The lowest BCUT2D eigenvalue weighted by molar-refractivity contribution is -0.400. The van der Waals surface area contributed by atoms with E-state index in [1.54, 1.807) is 0 Å². The van der Waals surface area contributed by atoms with Gasteiger partial charge in [-0.15, -0.1) is 0 Å². The average molecular weight is 1370 g/mol. The Kier molecular flexibility index (Phi) is 26.7. The first-order valence-electron chi connectivity index (χ1n) is 29.9. The number of amides is 2. The fraction of sp³-hybridized carbons (Fsp3) is 0.962. The molecule has 0 aliphatic carbocycles. The molecule has 8 aliphatic rings. The summed E-state index contributed by atoms with van der Waals surface area (Å²) >= 11 is 0. The number of hydrogen-bond acceptors (Lipinski definition) is 39. The third-order valence-electron chi connectivity index (χ3n) is 17.4. The van der Waals surface area contributed by atoms with Gasteiger partial charge in [0.2, 0.25) is 11.8 Å². The van der Waals surface area contributed by atoms with Crippen LogP contribution < -0.4 is 10.6 Å². The Labute approximate surface area is 527 Å². The quantitative estimate of drug-likeness (QED) is 0.0479. The van der Waals surface area contributed by atoms with Crippen molar-refractivity contribution in [3.63, 3.8) is 0 Å². The van der Waals surface area contributed by atoms with E-state index in [2.05, 4.69) is 10.6 Å². The Bertz CT molecular complexity index is 2350. The van der Waals surface area contributed by atoms with Crippen molar-refractivity contribution in [2.24, 2.45) is 0 Å². The van der Waals surface area contributed by atoms with Crippen LogP contribution in [0.3, 0.4) is 0 Å². The Hall–Kier alpha value is -2.54. The van der Waals surface area contributed by atoms with E-state index in [9.17, 15) is 122 Å². The van der Waals surface area contributed by atoms with E-state index in [4.69, 9.17) is 71.1 Å². The SMILES string of the molecule is CC(=O)N[C@H]1[C@H](O[C@H]2[C@@H](O)[C@@H](CO)O[C@@H](O[C@H]3[C@H](O)[C@@H](O)C(O)O[C@@H]3CO)[C@@H]2O)O[C@H](CO)[C@@H](O[C@@H]2O[C@H](CO)[C@H](O)[C@H](O[C@@H]3O[C@H](CO)[C@@H](O[C@H]4O[C@H](C)[C@H](O)[C@H](O)[C@H]4O)[C@@H](O[C@@H]4O[C@H](CO)[C@H](O)[C@H](O)[C@H]4O)[C@H]3NC(C)=O)[C@H]2O)[C@@H]1O[C@H]1O[C@H](C)[C@H](O)[C@H](O)[C@H]1O. The van der Waals surface area contributed by atoms with Gasteiger partial charge in [-0.3, -0.25) is 9.59 Å². The van der Waals surface area contributed by atoms with Gasteiger partial charge < -0.3 is 194 Å². The summed E-state index contributed by atoms with van der Waals surface area (Å²) in [7, 11) is 0. The van der Waals surface area contributed by atoms with Crippen LogP contribution in [0.5, 0.6) is 0 Å². The third-order valence-corrected chi connectivity index (χ3v) is 17.4. The Morgan fingerprint density at radius 1 is 0.280 bits per heavy atom. The molecule has 540 valence electrons. The molecular formula is C52H88N2O39. The summed E-state index contributed by atoms with van der Waals surface area (Å²) in [4.78, 5) is 26.6. The first-order valence-corrected chi connectivity index (χ1v) is 29.9. The van der Waals surface area contributed by atoms with E-state index in [1.807, 2.05) is 0 Å². The zero-order valence-corrected chi connectivity index (χ0v) is 50.1. The van der Waals surface area contributed by atoms with Gasteiger partial charge in [0.1, 0.15) is 183 Å². The van der Waals surface area contributed by atoms with Gasteiger partial charge in [-0.05, 0) is 13.8 Å². The molecule has 93 heavy (non-hydrogen) atoms. The molecule has 0 radical (unpaired) electrons. The molecule has 0 saturated carbocycles. The summed E-state index contributed by atoms with van der Waals surface area (Å²) < 4.78 is 88.9. The van der Waals surface area contributed by atoms with Gasteiger partial charge in [0.15, 0.2) is 50.3 Å². The fourth-order valence-electron chi connectivity index (χ4n) is 12.2. The van der Waals surface area contributed by atoms with Crippen molar-refractivity contribution >= 4 is 11.8 Å². The molecule has 0 bridgehead atoms. The second-order valence-corrected chi connectivity index (χ2v) is 23.8. The first kappa shape index (κ1) is 76.2. The van der Waals surface area contributed by atoms with E-state index in [0.29, 0.717) is 0 Å². The van der Waals surface area contributed by atoms with Crippen molar-refractivity contribution < 1.29 is 193 Å². The minimum Gasteiger partial charge on any atom is -0.394 e. The van der Waals surface area contributed by atoms with Crippen molar-refractivity contribution in [1.29, 1.82) is 0 Å². The van der Waals surface area contributed by atoms with Gasteiger partial charge in [0, 0.05) is 13.8 Å². The highest BCUT2D eigenvalue weighted by molar-refractivity contribution is 5.73. The number of aliphatic hydroxyl groups excluding tert-OH is 22. The fourth-order valence-corrected chi connectivity index (χ4v) is 12.2. The minimum atomic E-state index is -2.43. The summed E-state index contributed by atoms with van der Waals surface area (Å²) in [6.07, 6.45) is -75.3. The van der Waals surface area contributed by atoms with Crippen LogP contribution in [0.1, 0.15) is 27.7 Å². The molecule has 8 aliphatic heterocycles. The van der Waals surface area contributed by atoms with Gasteiger partial charge in [0.05, 0.1) is 51.8 Å².